The molecule has 0 amide bonds. The highest BCUT2D eigenvalue weighted by molar-refractivity contribution is 7.98. The Labute approximate surface area is 114 Å². The summed E-state index contributed by atoms with van der Waals surface area (Å²) in [4.78, 5) is 5.05. The van der Waals surface area contributed by atoms with Gasteiger partial charge < -0.3 is 4.52 Å². The van der Waals surface area contributed by atoms with Crippen LogP contribution in [0.2, 0.25) is 0 Å². The molecule has 0 N–H and O–H groups in total. The summed E-state index contributed by atoms with van der Waals surface area (Å²) >= 11 is 1.45. The minimum atomic E-state index is -0.254. The summed E-state index contributed by atoms with van der Waals surface area (Å²) in [5, 5.41) is 12.3. The van der Waals surface area contributed by atoms with Crippen LogP contribution in [0.3, 0.4) is 0 Å². The average Bonchev–Trinajstić information content (AvgIpc) is 2.85. The van der Waals surface area contributed by atoms with Crippen molar-refractivity contribution in [1.29, 1.82) is 5.26 Å². The molecule has 0 atom stereocenters. The van der Waals surface area contributed by atoms with Gasteiger partial charge in [0.05, 0.1) is 11.8 Å². The Kier molecular flexibility index (Phi) is 4.93. The first-order valence-corrected chi connectivity index (χ1v) is 6.83. The summed E-state index contributed by atoms with van der Waals surface area (Å²) in [5.41, 5.74) is 0. The smallest absolute Gasteiger partial charge is 0.226 e. The highest BCUT2D eigenvalue weighted by Crippen LogP contribution is 2.22. The number of hydrogen-bond acceptors (Lipinski definition) is 5. The minimum Gasteiger partial charge on any atom is -0.339 e. The molecule has 6 heteroatoms. The molecule has 0 aliphatic rings. The third-order valence-corrected chi connectivity index (χ3v) is 3.34. The zero-order valence-corrected chi connectivity index (χ0v) is 11.0. The molecule has 19 heavy (non-hydrogen) atoms. The molecule has 0 spiro atoms. The van der Waals surface area contributed by atoms with E-state index in [0.717, 1.165) is 11.3 Å². The Balaban J connectivity index is 1.85. The highest BCUT2D eigenvalue weighted by Gasteiger charge is 2.06. The van der Waals surface area contributed by atoms with Gasteiger partial charge in [0.2, 0.25) is 5.89 Å². The topological polar surface area (TPSA) is 62.7 Å². The largest absolute Gasteiger partial charge is 0.339 e. The van der Waals surface area contributed by atoms with Crippen LogP contribution in [0.25, 0.3) is 0 Å². The summed E-state index contributed by atoms with van der Waals surface area (Å²) < 4.78 is 18.0. The predicted octanol–water partition coefficient (Wildman–Crippen LogP) is 3.35. The molecule has 0 bridgehead atoms. The number of benzene rings is 1. The monoisotopic (exact) mass is 277 g/mol. The van der Waals surface area contributed by atoms with Gasteiger partial charge in [-0.05, 0) is 24.6 Å². The molecule has 2 aromatic rings. The molecule has 2 rings (SSSR count). The van der Waals surface area contributed by atoms with Gasteiger partial charge in [0, 0.05) is 17.7 Å². The van der Waals surface area contributed by atoms with Crippen molar-refractivity contribution in [2.75, 3.05) is 0 Å². The van der Waals surface area contributed by atoms with Gasteiger partial charge in [-0.3, -0.25) is 0 Å². The van der Waals surface area contributed by atoms with Gasteiger partial charge in [0.25, 0.3) is 0 Å². The fraction of sp³-hybridized carbons (Fsp3) is 0.308. The summed E-state index contributed by atoms with van der Waals surface area (Å²) in [6.45, 7) is 0. The van der Waals surface area contributed by atoms with Crippen LogP contribution in [-0.2, 0) is 12.2 Å². The van der Waals surface area contributed by atoms with Crippen LogP contribution in [0.15, 0.2) is 33.7 Å². The van der Waals surface area contributed by atoms with Crippen LogP contribution in [0, 0.1) is 17.1 Å². The zero-order valence-electron chi connectivity index (χ0n) is 10.2. The van der Waals surface area contributed by atoms with E-state index in [1.165, 1.54) is 23.9 Å². The standard InChI is InChI=1S/C13H12FN3OS/c14-10-4-3-5-11(8-10)19-9-12-16-13(18-17-12)6-1-2-7-15/h3-5,8H,1-2,6,9H2. The van der Waals surface area contributed by atoms with Gasteiger partial charge in [0.15, 0.2) is 5.82 Å². The van der Waals surface area contributed by atoms with Crippen LogP contribution in [0.1, 0.15) is 24.6 Å². The van der Waals surface area contributed by atoms with E-state index in [4.69, 9.17) is 9.78 Å². The fourth-order valence-corrected chi connectivity index (χ4v) is 2.26. The van der Waals surface area contributed by atoms with Crippen molar-refractivity contribution in [2.45, 2.75) is 29.9 Å². The van der Waals surface area contributed by atoms with Crippen LogP contribution in [0.4, 0.5) is 4.39 Å². The molecule has 1 heterocycles. The summed E-state index contributed by atoms with van der Waals surface area (Å²) in [7, 11) is 0. The average molecular weight is 277 g/mol. The number of hydrogen-bond donors (Lipinski definition) is 0. The van der Waals surface area contributed by atoms with Gasteiger partial charge in [-0.15, -0.1) is 11.8 Å². The molecule has 0 unspecified atom stereocenters. The summed E-state index contributed by atoms with van der Waals surface area (Å²) in [5.74, 6) is 1.41. The number of rotatable bonds is 6. The second-order valence-corrected chi connectivity index (χ2v) is 4.91. The summed E-state index contributed by atoms with van der Waals surface area (Å²) in [6, 6.07) is 8.45. The van der Waals surface area contributed by atoms with Gasteiger partial charge in [-0.2, -0.15) is 10.2 Å². The first kappa shape index (κ1) is 13.6. The van der Waals surface area contributed by atoms with E-state index in [0.29, 0.717) is 30.3 Å². The van der Waals surface area contributed by atoms with Crippen molar-refractivity contribution in [2.24, 2.45) is 0 Å². The van der Waals surface area contributed by atoms with Crippen LogP contribution < -0.4 is 0 Å². The van der Waals surface area contributed by atoms with Gasteiger partial charge in [-0.1, -0.05) is 11.2 Å². The van der Waals surface area contributed by atoms with Crippen LogP contribution in [-0.4, -0.2) is 10.1 Å². The molecule has 0 radical (unpaired) electrons. The first-order chi connectivity index (χ1) is 9.28. The molecule has 0 fully saturated rings. The molecule has 4 nitrogen and oxygen atoms in total. The maximum atomic E-state index is 13.0. The van der Waals surface area contributed by atoms with Crippen molar-refractivity contribution in [3.05, 3.63) is 41.8 Å². The number of aromatic nitrogens is 2. The predicted molar refractivity (Wildman–Crippen MR) is 68.8 cm³/mol. The SMILES string of the molecule is N#CCCCc1nc(CSc2cccc(F)c2)no1. The first-order valence-electron chi connectivity index (χ1n) is 5.84. The lowest BCUT2D eigenvalue weighted by molar-refractivity contribution is 0.372. The Morgan fingerprint density at radius 2 is 2.32 bits per heavy atom. The second-order valence-electron chi connectivity index (χ2n) is 3.86. The molecular formula is C13H12FN3OS. The molecule has 0 saturated carbocycles. The van der Waals surface area contributed by atoms with Gasteiger partial charge in [-0.25, -0.2) is 4.39 Å². The number of thioether (sulfide) groups is 1. The van der Waals surface area contributed by atoms with Crippen molar-refractivity contribution in [3.8, 4) is 6.07 Å². The minimum absolute atomic E-state index is 0.254. The molecule has 98 valence electrons. The molecule has 0 aliphatic heterocycles. The fourth-order valence-electron chi connectivity index (χ4n) is 1.47. The number of nitriles is 1. The lowest BCUT2D eigenvalue weighted by Gasteiger charge is -1.97. The van der Waals surface area contributed by atoms with Gasteiger partial charge in [0.1, 0.15) is 5.82 Å². The Bertz CT molecular complexity index is 579. The van der Waals surface area contributed by atoms with Crippen LogP contribution in [0.5, 0.6) is 0 Å². The van der Waals surface area contributed by atoms with Crippen molar-refractivity contribution in [3.63, 3.8) is 0 Å². The Hall–Kier alpha value is -1.87. The number of halogens is 1. The quantitative estimate of drug-likeness (QED) is 0.598. The lowest BCUT2D eigenvalue weighted by atomic mass is 10.2. The highest BCUT2D eigenvalue weighted by atomic mass is 32.2. The normalized spacial score (nSPS) is 10.3. The molecule has 1 aromatic carbocycles. The molecule has 0 aliphatic carbocycles. The lowest BCUT2D eigenvalue weighted by Crippen LogP contribution is -1.87. The third-order valence-electron chi connectivity index (χ3n) is 2.35. The second kappa shape index (κ2) is 6.90. The maximum absolute atomic E-state index is 13.0. The third kappa shape index (κ3) is 4.38. The number of unbranched alkanes of at least 4 members (excludes halogenated alkanes) is 1. The maximum Gasteiger partial charge on any atom is 0.226 e. The van der Waals surface area contributed by atoms with Gasteiger partial charge >= 0.3 is 0 Å². The number of aryl methyl sites for hydroxylation is 1. The zero-order chi connectivity index (χ0) is 13.5. The van der Waals surface area contributed by atoms with E-state index in [2.05, 4.69) is 16.2 Å². The Morgan fingerprint density at radius 1 is 1.42 bits per heavy atom. The summed E-state index contributed by atoms with van der Waals surface area (Å²) in [6.07, 6.45) is 1.82. The van der Waals surface area contributed by atoms with E-state index < -0.39 is 0 Å². The van der Waals surface area contributed by atoms with E-state index in [1.54, 1.807) is 6.07 Å². The van der Waals surface area contributed by atoms with Crippen molar-refractivity contribution >= 4 is 11.8 Å². The van der Waals surface area contributed by atoms with E-state index in [-0.39, 0.29) is 5.82 Å². The van der Waals surface area contributed by atoms with Crippen LogP contribution >= 0.6 is 11.8 Å². The number of nitrogens with zero attached hydrogens (tertiary/aromatic N) is 3. The molecule has 1 aromatic heterocycles. The van der Waals surface area contributed by atoms with Crippen molar-refractivity contribution < 1.29 is 8.91 Å². The Morgan fingerprint density at radius 3 is 3.11 bits per heavy atom. The molecular weight excluding hydrogens is 265 g/mol. The van der Waals surface area contributed by atoms with E-state index in [1.807, 2.05) is 6.07 Å². The molecule has 0 saturated heterocycles. The van der Waals surface area contributed by atoms with E-state index in [9.17, 15) is 4.39 Å². The van der Waals surface area contributed by atoms with E-state index >= 15 is 0 Å². The van der Waals surface area contributed by atoms with Crippen molar-refractivity contribution in [1.82, 2.24) is 10.1 Å².